The minimum Gasteiger partial charge on any atom is -0.350 e. The number of carbonyl (C=O) groups is 1. The second-order valence-electron chi connectivity index (χ2n) is 4.89. The van der Waals surface area contributed by atoms with E-state index in [0.29, 0.717) is 6.54 Å². The highest BCUT2D eigenvalue weighted by molar-refractivity contribution is 5.79. The summed E-state index contributed by atoms with van der Waals surface area (Å²) in [6.45, 7) is 7.26. The molecule has 2 aromatic heterocycles. The van der Waals surface area contributed by atoms with Gasteiger partial charge in [-0.3, -0.25) is 9.48 Å². The molecule has 6 heteroatoms. The lowest BCUT2D eigenvalue weighted by Crippen LogP contribution is -2.30. The number of carbonyl (C=O) groups excluding carboxylic acids is 1. The molecule has 2 aromatic rings. The number of imidazole rings is 1. The third kappa shape index (κ3) is 3.26. The molecule has 6 nitrogen and oxygen atoms in total. The fourth-order valence-electron chi connectivity index (χ4n) is 2.11. The largest absolute Gasteiger partial charge is 0.350 e. The molecule has 0 fully saturated rings. The summed E-state index contributed by atoms with van der Waals surface area (Å²) in [5, 5.41) is 7.17. The summed E-state index contributed by atoms with van der Waals surface area (Å²) >= 11 is 0. The molecule has 2 rings (SSSR count). The second-order valence-corrected chi connectivity index (χ2v) is 4.89. The van der Waals surface area contributed by atoms with E-state index >= 15 is 0 Å². The molecule has 0 spiro atoms. The summed E-state index contributed by atoms with van der Waals surface area (Å²) in [7, 11) is 0. The highest BCUT2D eigenvalue weighted by Crippen LogP contribution is 2.09. The van der Waals surface area contributed by atoms with Gasteiger partial charge in [-0.1, -0.05) is 6.92 Å². The van der Waals surface area contributed by atoms with Crippen LogP contribution in [0.3, 0.4) is 0 Å². The molecule has 1 atom stereocenters. The van der Waals surface area contributed by atoms with Crippen molar-refractivity contribution in [1.82, 2.24) is 24.6 Å². The zero-order valence-electron chi connectivity index (χ0n) is 12.2. The van der Waals surface area contributed by atoms with Gasteiger partial charge in [-0.05, 0) is 20.3 Å². The van der Waals surface area contributed by atoms with Gasteiger partial charge in [0.1, 0.15) is 11.9 Å². The molecule has 0 aliphatic carbocycles. The first-order valence-electron chi connectivity index (χ1n) is 6.90. The average Bonchev–Trinajstić information content (AvgIpc) is 3.05. The molecular formula is C14H21N5O. The van der Waals surface area contributed by atoms with Gasteiger partial charge in [-0.15, -0.1) is 0 Å². The van der Waals surface area contributed by atoms with E-state index in [0.717, 1.165) is 24.4 Å². The number of aryl methyl sites for hydroxylation is 2. The van der Waals surface area contributed by atoms with Crippen molar-refractivity contribution in [3.63, 3.8) is 0 Å². The molecule has 0 unspecified atom stereocenters. The van der Waals surface area contributed by atoms with E-state index in [1.165, 1.54) is 0 Å². The van der Waals surface area contributed by atoms with E-state index in [2.05, 4.69) is 22.3 Å². The number of hydrogen-bond donors (Lipinski definition) is 1. The monoisotopic (exact) mass is 275 g/mol. The van der Waals surface area contributed by atoms with Crippen molar-refractivity contribution in [1.29, 1.82) is 0 Å². The Balaban J connectivity index is 1.90. The molecule has 0 saturated heterocycles. The van der Waals surface area contributed by atoms with E-state index in [4.69, 9.17) is 0 Å². The normalized spacial score (nSPS) is 12.3. The van der Waals surface area contributed by atoms with E-state index in [9.17, 15) is 4.79 Å². The number of nitrogens with one attached hydrogen (secondary N) is 1. The summed E-state index contributed by atoms with van der Waals surface area (Å²) in [4.78, 5) is 16.2. The number of amides is 1. The van der Waals surface area contributed by atoms with E-state index in [1.54, 1.807) is 12.4 Å². The van der Waals surface area contributed by atoms with Crippen molar-refractivity contribution in [2.24, 2.45) is 0 Å². The summed E-state index contributed by atoms with van der Waals surface area (Å²) in [6.07, 6.45) is 8.33. The topological polar surface area (TPSA) is 64.7 Å². The van der Waals surface area contributed by atoms with E-state index in [1.807, 2.05) is 35.5 Å². The Morgan fingerprint density at radius 1 is 1.50 bits per heavy atom. The van der Waals surface area contributed by atoms with Gasteiger partial charge in [0.25, 0.3) is 0 Å². The molecule has 0 saturated carbocycles. The Morgan fingerprint density at radius 2 is 2.30 bits per heavy atom. The fraction of sp³-hybridized carbons (Fsp3) is 0.500. The highest BCUT2D eigenvalue weighted by atomic mass is 16.2. The molecule has 2 heterocycles. The summed E-state index contributed by atoms with van der Waals surface area (Å²) in [6, 6.07) is -0.261. The molecule has 108 valence electrons. The van der Waals surface area contributed by atoms with Gasteiger partial charge in [0.05, 0.1) is 6.20 Å². The first kappa shape index (κ1) is 14.3. The summed E-state index contributed by atoms with van der Waals surface area (Å²) < 4.78 is 3.75. The Kier molecular flexibility index (Phi) is 4.55. The standard InChI is InChI=1S/C14H21N5O/c1-4-6-18-10-13(9-17-18)8-16-14(20)11(2)19-7-5-15-12(19)3/h5,7,9-11H,4,6,8H2,1-3H3,(H,16,20)/t11-/m1/s1. The SMILES string of the molecule is CCCn1cc(CNC(=O)[C@@H](C)n2ccnc2C)cn1. The number of nitrogens with zero attached hydrogens (tertiary/aromatic N) is 4. The molecule has 0 bridgehead atoms. The van der Waals surface area contributed by atoms with Crippen LogP contribution in [0.15, 0.2) is 24.8 Å². The van der Waals surface area contributed by atoms with Gasteiger partial charge in [0, 0.05) is 37.2 Å². The van der Waals surface area contributed by atoms with Gasteiger partial charge in [-0.25, -0.2) is 4.98 Å². The van der Waals surface area contributed by atoms with Crippen molar-refractivity contribution in [3.8, 4) is 0 Å². The van der Waals surface area contributed by atoms with Crippen LogP contribution in [0, 0.1) is 6.92 Å². The Hall–Kier alpha value is -2.11. The Labute approximate surface area is 118 Å². The zero-order chi connectivity index (χ0) is 14.5. The molecule has 0 aromatic carbocycles. The molecule has 1 N–H and O–H groups in total. The molecule has 20 heavy (non-hydrogen) atoms. The smallest absolute Gasteiger partial charge is 0.243 e. The van der Waals surface area contributed by atoms with Crippen LogP contribution in [0.5, 0.6) is 0 Å². The lowest BCUT2D eigenvalue weighted by atomic mass is 10.3. The quantitative estimate of drug-likeness (QED) is 0.872. The average molecular weight is 275 g/mol. The van der Waals surface area contributed by atoms with Crippen LogP contribution in [-0.2, 0) is 17.9 Å². The van der Waals surface area contributed by atoms with Crippen LogP contribution in [0.2, 0.25) is 0 Å². The minimum absolute atomic E-state index is 0.0191. The lowest BCUT2D eigenvalue weighted by molar-refractivity contribution is -0.124. The van der Waals surface area contributed by atoms with Crippen LogP contribution in [0.1, 0.15) is 37.7 Å². The lowest BCUT2D eigenvalue weighted by Gasteiger charge is -2.14. The molecule has 0 aliphatic rings. The number of rotatable bonds is 6. The minimum atomic E-state index is -0.261. The molecular weight excluding hydrogens is 254 g/mol. The Morgan fingerprint density at radius 3 is 2.95 bits per heavy atom. The molecule has 0 aliphatic heterocycles. The van der Waals surface area contributed by atoms with Crippen LogP contribution >= 0.6 is 0 Å². The first-order chi connectivity index (χ1) is 9.61. The maximum atomic E-state index is 12.1. The van der Waals surface area contributed by atoms with E-state index in [-0.39, 0.29) is 11.9 Å². The zero-order valence-corrected chi connectivity index (χ0v) is 12.2. The summed E-state index contributed by atoms with van der Waals surface area (Å²) in [5.74, 6) is 0.817. The highest BCUT2D eigenvalue weighted by Gasteiger charge is 2.15. The van der Waals surface area contributed by atoms with Crippen LogP contribution in [0.4, 0.5) is 0 Å². The summed E-state index contributed by atoms with van der Waals surface area (Å²) in [5.41, 5.74) is 1.02. The van der Waals surface area contributed by atoms with Gasteiger partial charge in [-0.2, -0.15) is 5.10 Å². The third-order valence-corrected chi connectivity index (χ3v) is 3.27. The molecule has 1 amide bonds. The van der Waals surface area contributed by atoms with Crippen LogP contribution in [0.25, 0.3) is 0 Å². The second kappa shape index (κ2) is 6.36. The van der Waals surface area contributed by atoms with E-state index < -0.39 is 0 Å². The van der Waals surface area contributed by atoms with Gasteiger partial charge < -0.3 is 9.88 Å². The maximum Gasteiger partial charge on any atom is 0.243 e. The first-order valence-corrected chi connectivity index (χ1v) is 6.90. The maximum absolute atomic E-state index is 12.1. The Bertz CT molecular complexity index is 572. The number of aromatic nitrogens is 4. The van der Waals surface area contributed by atoms with Crippen molar-refractivity contribution in [2.45, 2.75) is 46.3 Å². The predicted molar refractivity (Wildman–Crippen MR) is 76.0 cm³/mol. The van der Waals surface area contributed by atoms with Crippen LogP contribution < -0.4 is 5.32 Å². The fourth-order valence-corrected chi connectivity index (χ4v) is 2.11. The van der Waals surface area contributed by atoms with Crippen molar-refractivity contribution >= 4 is 5.91 Å². The van der Waals surface area contributed by atoms with Crippen molar-refractivity contribution < 1.29 is 4.79 Å². The number of hydrogen-bond acceptors (Lipinski definition) is 3. The van der Waals surface area contributed by atoms with Gasteiger partial charge in [0.2, 0.25) is 5.91 Å². The van der Waals surface area contributed by atoms with Crippen LogP contribution in [-0.4, -0.2) is 25.2 Å². The van der Waals surface area contributed by atoms with Gasteiger partial charge >= 0.3 is 0 Å². The van der Waals surface area contributed by atoms with Crippen molar-refractivity contribution in [2.75, 3.05) is 0 Å². The molecule has 0 radical (unpaired) electrons. The third-order valence-electron chi connectivity index (χ3n) is 3.27. The van der Waals surface area contributed by atoms with Gasteiger partial charge in [0.15, 0.2) is 0 Å². The predicted octanol–water partition coefficient (Wildman–Crippen LogP) is 1.68. The van der Waals surface area contributed by atoms with Crippen molar-refractivity contribution in [3.05, 3.63) is 36.2 Å².